The molecule has 0 aliphatic carbocycles. The summed E-state index contributed by atoms with van der Waals surface area (Å²) in [5.41, 5.74) is 0.632. The summed E-state index contributed by atoms with van der Waals surface area (Å²) in [6, 6.07) is 13.6. The summed E-state index contributed by atoms with van der Waals surface area (Å²) in [5, 5.41) is 2.22. The van der Waals surface area contributed by atoms with Crippen molar-refractivity contribution in [1.82, 2.24) is 10.2 Å². The van der Waals surface area contributed by atoms with Crippen LogP contribution < -0.4 is 10.1 Å². The van der Waals surface area contributed by atoms with Crippen LogP contribution in [0.15, 0.2) is 54.6 Å². The molecule has 2 aromatic carbocycles. The van der Waals surface area contributed by atoms with E-state index in [1.807, 2.05) is 5.32 Å². The molecule has 0 fully saturated rings. The largest absolute Gasteiger partial charge is 0.484 e. The lowest BCUT2D eigenvalue weighted by Crippen LogP contribution is -2.61. The monoisotopic (exact) mass is 498 g/mol. The van der Waals surface area contributed by atoms with Crippen LogP contribution >= 0.6 is 11.6 Å². The molecular weight excluding hydrogens is 473 g/mol. The number of alkyl halides is 3. The molecule has 0 heterocycles. The van der Waals surface area contributed by atoms with Gasteiger partial charge in [-0.15, -0.1) is 0 Å². The number of carbonyl (C=O) groups excluding carboxylic acids is 3. The van der Waals surface area contributed by atoms with Crippen molar-refractivity contribution in [1.29, 1.82) is 0 Å². The van der Waals surface area contributed by atoms with Gasteiger partial charge in [-0.05, 0) is 23.8 Å². The molecule has 0 aliphatic rings. The van der Waals surface area contributed by atoms with Gasteiger partial charge in [0.2, 0.25) is 11.7 Å². The topological polar surface area (TPSA) is 75.7 Å². The minimum absolute atomic E-state index is 0.0525. The highest BCUT2D eigenvalue weighted by Crippen LogP contribution is 2.24. The van der Waals surface area contributed by atoms with Crippen LogP contribution in [0.25, 0.3) is 0 Å². The smallest absolute Gasteiger partial charge is 0.301 e. The van der Waals surface area contributed by atoms with Gasteiger partial charge in [0.05, 0.1) is 0 Å². The average Bonchev–Trinajstić information content (AvgIpc) is 2.80. The number of amides is 2. The zero-order valence-electron chi connectivity index (χ0n) is 18.9. The number of carbonyl (C=O) groups is 3. The van der Waals surface area contributed by atoms with E-state index in [4.69, 9.17) is 16.3 Å². The number of nitrogens with one attached hydrogen (secondary N) is 1. The Labute approximate surface area is 201 Å². The third-order valence-electron chi connectivity index (χ3n) is 5.25. The molecule has 0 saturated carbocycles. The summed E-state index contributed by atoms with van der Waals surface area (Å²) < 4.78 is 46.8. The van der Waals surface area contributed by atoms with Crippen molar-refractivity contribution in [2.24, 2.45) is 5.92 Å². The maximum absolute atomic E-state index is 15.3. The number of hydrogen-bond donors (Lipinski definition) is 1. The summed E-state index contributed by atoms with van der Waals surface area (Å²) in [7, 11) is 1.31. The fourth-order valence-corrected chi connectivity index (χ4v) is 3.31. The van der Waals surface area contributed by atoms with Crippen molar-refractivity contribution < 1.29 is 32.3 Å². The fourth-order valence-electron chi connectivity index (χ4n) is 3.13. The van der Waals surface area contributed by atoms with Gasteiger partial charge in [0.15, 0.2) is 6.61 Å². The predicted molar refractivity (Wildman–Crippen MR) is 121 cm³/mol. The number of halogens is 4. The average molecular weight is 499 g/mol. The van der Waals surface area contributed by atoms with Gasteiger partial charge in [-0.3, -0.25) is 14.4 Å². The Morgan fingerprint density at radius 2 is 1.74 bits per heavy atom. The zero-order valence-corrected chi connectivity index (χ0v) is 19.7. The van der Waals surface area contributed by atoms with Crippen LogP contribution in [-0.2, 0) is 20.8 Å². The Kier molecular flexibility index (Phi) is 9.49. The number of Topliss-reactive ketones (excluding diaryl/α,β-unsaturated/α-hetero) is 1. The fraction of sp³-hybridized carbons (Fsp3) is 0.375. The Bertz CT molecular complexity index is 1010. The number of nitrogens with zero attached hydrogens (tertiary/aromatic N) is 1. The third-order valence-corrected chi connectivity index (χ3v) is 5.49. The van der Waals surface area contributed by atoms with Gasteiger partial charge in [0.25, 0.3) is 11.7 Å². The first-order chi connectivity index (χ1) is 16.0. The van der Waals surface area contributed by atoms with Crippen LogP contribution in [0.4, 0.5) is 13.2 Å². The molecule has 0 radical (unpaired) electrons. The van der Waals surface area contributed by atoms with Gasteiger partial charge in [-0.25, -0.2) is 13.2 Å². The molecule has 2 aromatic rings. The normalized spacial score (nSPS) is 13.8. The van der Waals surface area contributed by atoms with Crippen LogP contribution in [0.5, 0.6) is 5.75 Å². The second kappa shape index (κ2) is 11.9. The van der Waals surface area contributed by atoms with Crippen molar-refractivity contribution in [3.05, 3.63) is 65.2 Å². The molecule has 0 aliphatic heterocycles. The Balaban J connectivity index is 2.26. The molecule has 2 amide bonds. The number of ether oxygens (including phenoxy) is 1. The molecular formula is C24H26ClF3N2O4. The highest BCUT2D eigenvalue weighted by atomic mass is 35.5. The summed E-state index contributed by atoms with van der Waals surface area (Å²) >= 11 is 5.90. The maximum atomic E-state index is 15.3. The van der Waals surface area contributed by atoms with Crippen molar-refractivity contribution in [3.63, 3.8) is 0 Å². The lowest BCUT2D eigenvalue weighted by atomic mass is 9.95. The molecule has 0 aromatic heterocycles. The van der Waals surface area contributed by atoms with Crippen LogP contribution in [0.3, 0.4) is 0 Å². The molecule has 0 saturated heterocycles. The number of benzene rings is 2. The molecule has 34 heavy (non-hydrogen) atoms. The van der Waals surface area contributed by atoms with E-state index in [1.165, 1.54) is 27.0 Å². The SMILES string of the molecule is CC(C)[C@@](F)(NC(=O)[C@H](Cc1ccccc1)N(C)C(=O)COc1cccc(Cl)c1)C(=O)C(F)F. The van der Waals surface area contributed by atoms with Crippen molar-refractivity contribution in [2.45, 2.75) is 38.5 Å². The summed E-state index contributed by atoms with van der Waals surface area (Å²) in [5.74, 6) is -8.03. The second-order valence-electron chi connectivity index (χ2n) is 7.98. The quantitative estimate of drug-likeness (QED) is 0.474. The molecule has 1 N–H and O–H groups in total. The minimum Gasteiger partial charge on any atom is -0.484 e. The Morgan fingerprint density at radius 1 is 1.09 bits per heavy atom. The summed E-state index contributed by atoms with van der Waals surface area (Å²) in [6.45, 7) is 1.93. The zero-order chi connectivity index (χ0) is 25.5. The summed E-state index contributed by atoms with van der Waals surface area (Å²) in [4.78, 5) is 38.7. The van der Waals surface area contributed by atoms with Crippen LogP contribution in [0.2, 0.25) is 5.02 Å². The highest BCUT2D eigenvalue weighted by molar-refractivity contribution is 6.30. The number of hydrogen-bond acceptors (Lipinski definition) is 4. The lowest BCUT2D eigenvalue weighted by Gasteiger charge is -2.33. The predicted octanol–water partition coefficient (Wildman–Crippen LogP) is 4.06. The maximum Gasteiger partial charge on any atom is 0.301 e. The Hall–Kier alpha value is -3.07. The molecule has 2 rings (SSSR count). The molecule has 10 heteroatoms. The van der Waals surface area contributed by atoms with Gasteiger partial charge in [-0.1, -0.05) is 61.8 Å². The van der Waals surface area contributed by atoms with E-state index in [2.05, 4.69) is 0 Å². The molecule has 0 unspecified atom stereocenters. The van der Waals surface area contributed by atoms with Gasteiger partial charge in [0, 0.05) is 24.4 Å². The molecule has 2 atom stereocenters. The van der Waals surface area contributed by atoms with E-state index >= 15 is 4.39 Å². The van der Waals surface area contributed by atoms with Crippen LogP contribution in [-0.4, -0.2) is 54.4 Å². The molecule has 0 bridgehead atoms. The van der Waals surface area contributed by atoms with E-state index in [0.717, 1.165) is 4.90 Å². The van der Waals surface area contributed by atoms with Crippen LogP contribution in [0, 0.1) is 5.92 Å². The highest BCUT2D eigenvalue weighted by Gasteiger charge is 2.48. The standard InChI is InChI=1S/C24H26ClF3N2O4/c1-15(2)24(28,21(32)22(26)27)29-23(33)19(12-16-8-5-4-6-9-16)30(3)20(31)14-34-18-11-7-10-17(25)13-18/h4-11,13,15,19,22H,12,14H2,1-3H3,(H,29,33)/t19-,24+/m0/s1. The van der Waals surface area contributed by atoms with E-state index in [-0.39, 0.29) is 6.42 Å². The van der Waals surface area contributed by atoms with Gasteiger partial charge in [-0.2, -0.15) is 0 Å². The molecule has 184 valence electrons. The minimum atomic E-state index is -3.62. The third kappa shape index (κ3) is 6.96. The second-order valence-corrected chi connectivity index (χ2v) is 8.41. The first-order valence-electron chi connectivity index (χ1n) is 10.5. The lowest BCUT2D eigenvalue weighted by molar-refractivity contribution is -0.154. The number of rotatable bonds is 11. The number of likely N-dealkylation sites (N-methyl/N-ethyl adjacent to an activating group) is 1. The van der Waals surface area contributed by atoms with Gasteiger partial charge in [0.1, 0.15) is 11.8 Å². The van der Waals surface area contributed by atoms with Crippen LogP contribution in [0.1, 0.15) is 19.4 Å². The molecule has 0 spiro atoms. The van der Waals surface area contributed by atoms with E-state index in [9.17, 15) is 23.2 Å². The van der Waals surface area contributed by atoms with Gasteiger partial charge >= 0.3 is 6.43 Å². The Morgan fingerprint density at radius 3 is 2.29 bits per heavy atom. The van der Waals surface area contributed by atoms with Gasteiger partial charge < -0.3 is 15.0 Å². The van der Waals surface area contributed by atoms with E-state index < -0.39 is 48.4 Å². The number of ketones is 1. The van der Waals surface area contributed by atoms with Crippen molar-refractivity contribution >= 4 is 29.2 Å². The van der Waals surface area contributed by atoms with Crippen molar-refractivity contribution in [3.8, 4) is 5.75 Å². The summed E-state index contributed by atoms with van der Waals surface area (Å²) in [6.07, 6.45) is -3.67. The first-order valence-corrected chi connectivity index (χ1v) is 10.8. The van der Waals surface area contributed by atoms with Crippen molar-refractivity contribution in [2.75, 3.05) is 13.7 Å². The van der Waals surface area contributed by atoms with E-state index in [1.54, 1.807) is 48.5 Å². The van der Waals surface area contributed by atoms with E-state index in [0.29, 0.717) is 16.3 Å². The first kappa shape index (κ1) is 27.2. The molecule has 6 nitrogen and oxygen atoms in total.